The average Bonchev–Trinajstić information content (AvgIpc) is 2.18. The van der Waals surface area contributed by atoms with Gasteiger partial charge in [-0.2, -0.15) is 0 Å². The van der Waals surface area contributed by atoms with Crippen molar-refractivity contribution in [3.05, 3.63) is 42.2 Å². The molecule has 0 saturated heterocycles. The summed E-state index contributed by atoms with van der Waals surface area (Å²) >= 11 is 0. The maximum atomic E-state index is 13.4. The van der Waals surface area contributed by atoms with E-state index in [1.807, 2.05) is 37.2 Å². The van der Waals surface area contributed by atoms with E-state index in [0.717, 1.165) is 11.1 Å². The molecule has 2 heteroatoms. The van der Waals surface area contributed by atoms with Crippen molar-refractivity contribution < 1.29 is 4.39 Å². The second-order valence-corrected chi connectivity index (χ2v) is 3.51. The minimum atomic E-state index is -0.161. The molecule has 0 radical (unpaired) electrons. The lowest BCUT2D eigenvalue weighted by atomic mass is 10.1. The first-order chi connectivity index (χ1) is 6.70. The van der Waals surface area contributed by atoms with Crippen LogP contribution in [0.1, 0.15) is 0 Å². The maximum absolute atomic E-state index is 13.4. The summed E-state index contributed by atoms with van der Waals surface area (Å²) in [6.07, 6.45) is 0. The first kappa shape index (κ1) is 9.00. The molecule has 0 aliphatic rings. The third-order valence-corrected chi connectivity index (χ3v) is 2.33. The van der Waals surface area contributed by atoms with Crippen LogP contribution < -0.4 is 4.90 Å². The molecule has 0 unspecified atom stereocenters. The van der Waals surface area contributed by atoms with E-state index >= 15 is 0 Å². The summed E-state index contributed by atoms with van der Waals surface area (Å²) in [5, 5.41) is 1.64. The lowest BCUT2D eigenvalue weighted by molar-refractivity contribution is 0.640. The highest BCUT2D eigenvalue weighted by Crippen LogP contribution is 2.27. The van der Waals surface area contributed by atoms with Crippen molar-refractivity contribution in [2.45, 2.75) is 0 Å². The Bertz CT molecular complexity index is 463. The summed E-state index contributed by atoms with van der Waals surface area (Å²) in [4.78, 5) is 1.99. The van der Waals surface area contributed by atoms with Gasteiger partial charge in [0, 0.05) is 30.6 Å². The van der Waals surface area contributed by atoms with Crippen LogP contribution in [0.15, 0.2) is 36.4 Å². The van der Waals surface area contributed by atoms with Gasteiger partial charge in [-0.25, -0.2) is 4.39 Å². The van der Waals surface area contributed by atoms with Gasteiger partial charge in [0.15, 0.2) is 0 Å². The molecular formula is C12H12FN. The molecule has 0 aliphatic heterocycles. The van der Waals surface area contributed by atoms with E-state index in [0.29, 0.717) is 5.39 Å². The number of halogens is 1. The largest absolute Gasteiger partial charge is 0.377 e. The summed E-state index contributed by atoms with van der Waals surface area (Å²) in [6.45, 7) is 0. The zero-order valence-electron chi connectivity index (χ0n) is 8.29. The minimum Gasteiger partial charge on any atom is -0.377 e. The van der Waals surface area contributed by atoms with Crippen molar-refractivity contribution >= 4 is 16.5 Å². The molecule has 0 saturated carbocycles. The van der Waals surface area contributed by atoms with Crippen molar-refractivity contribution in [3.8, 4) is 0 Å². The maximum Gasteiger partial charge on any atom is 0.131 e. The predicted molar refractivity (Wildman–Crippen MR) is 58.2 cm³/mol. The molecule has 14 heavy (non-hydrogen) atoms. The SMILES string of the molecule is CN(C)c1ccc(F)c2ccccc12. The van der Waals surface area contributed by atoms with Crippen LogP contribution in [-0.2, 0) is 0 Å². The predicted octanol–water partition coefficient (Wildman–Crippen LogP) is 3.04. The molecule has 0 aliphatic carbocycles. The van der Waals surface area contributed by atoms with E-state index in [-0.39, 0.29) is 5.82 Å². The Labute approximate surface area is 82.8 Å². The van der Waals surface area contributed by atoms with Crippen LogP contribution >= 0.6 is 0 Å². The van der Waals surface area contributed by atoms with E-state index < -0.39 is 0 Å². The third-order valence-electron chi connectivity index (χ3n) is 2.33. The van der Waals surface area contributed by atoms with Gasteiger partial charge in [0.25, 0.3) is 0 Å². The molecule has 0 aromatic heterocycles. The molecule has 0 atom stereocenters. The Balaban J connectivity index is 2.82. The Morgan fingerprint density at radius 2 is 1.57 bits per heavy atom. The molecule has 1 nitrogen and oxygen atoms in total. The highest BCUT2D eigenvalue weighted by molar-refractivity contribution is 5.94. The summed E-state index contributed by atoms with van der Waals surface area (Å²) in [5.74, 6) is -0.161. The van der Waals surface area contributed by atoms with Crippen LogP contribution in [0.3, 0.4) is 0 Å². The normalized spacial score (nSPS) is 10.5. The van der Waals surface area contributed by atoms with Gasteiger partial charge in [0.05, 0.1) is 0 Å². The Kier molecular flexibility index (Phi) is 2.12. The minimum absolute atomic E-state index is 0.161. The van der Waals surface area contributed by atoms with Crippen molar-refractivity contribution in [1.82, 2.24) is 0 Å². The molecule has 0 spiro atoms. The van der Waals surface area contributed by atoms with Crippen molar-refractivity contribution in [2.75, 3.05) is 19.0 Å². The van der Waals surface area contributed by atoms with Gasteiger partial charge in [0.1, 0.15) is 5.82 Å². The molecule has 0 heterocycles. The fourth-order valence-corrected chi connectivity index (χ4v) is 1.64. The third kappa shape index (κ3) is 1.33. The van der Waals surface area contributed by atoms with Gasteiger partial charge in [-0.3, -0.25) is 0 Å². The molecule has 72 valence electrons. The van der Waals surface area contributed by atoms with Crippen LogP contribution in [-0.4, -0.2) is 14.1 Å². The molecule has 2 rings (SSSR count). The number of hydrogen-bond acceptors (Lipinski definition) is 1. The van der Waals surface area contributed by atoms with E-state index in [4.69, 9.17) is 0 Å². The van der Waals surface area contributed by atoms with Crippen LogP contribution in [0.2, 0.25) is 0 Å². The monoisotopic (exact) mass is 189 g/mol. The molecular weight excluding hydrogens is 177 g/mol. The summed E-state index contributed by atoms with van der Waals surface area (Å²) in [7, 11) is 3.92. The van der Waals surface area contributed by atoms with Crippen LogP contribution in [0.25, 0.3) is 10.8 Å². The van der Waals surface area contributed by atoms with Gasteiger partial charge >= 0.3 is 0 Å². The molecule has 0 fully saturated rings. The number of benzene rings is 2. The number of hydrogen-bond donors (Lipinski definition) is 0. The van der Waals surface area contributed by atoms with Gasteiger partial charge in [-0.15, -0.1) is 0 Å². The van der Waals surface area contributed by atoms with Crippen LogP contribution in [0, 0.1) is 5.82 Å². The van der Waals surface area contributed by atoms with Crippen molar-refractivity contribution in [2.24, 2.45) is 0 Å². The molecule has 0 bridgehead atoms. The van der Waals surface area contributed by atoms with Gasteiger partial charge in [-0.05, 0) is 12.1 Å². The quantitative estimate of drug-likeness (QED) is 0.666. The lowest BCUT2D eigenvalue weighted by Crippen LogP contribution is -2.09. The molecule has 0 N–H and O–H groups in total. The highest BCUT2D eigenvalue weighted by Gasteiger charge is 2.05. The van der Waals surface area contributed by atoms with Gasteiger partial charge in [0.2, 0.25) is 0 Å². The zero-order valence-corrected chi connectivity index (χ0v) is 8.29. The molecule has 2 aromatic rings. The first-order valence-electron chi connectivity index (χ1n) is 4.55. The Morgan fingerprint density at radius 1 is 0.929 bits per heavy atom. The molecule has 0 amide bonds. The summed E-state index contributed by atoms with van der Waals surface area (Å²) in [5.41, 5.74) is 1.04. The smallest absolute Gasteiger partial charge is 0.131 e. The van der Waals surface area contributed by atoms with Crippen molar-refractivity contribution in [3.63, 3.8) is 0 Å². The van der Waals surface area contributed by atoms with E-state index in [1.165, 1.54) is 6.07 Å². The Hall–Kier alpha value is -1.57. The first-order valence-corrected chi connectivity index (χ1v) is 4.55. The topological polar surface area (TPSA) is 3.24 Å². The number of fused-ring (bicyclic) bond motifs is 1. The van der Waals surface area contributed by atoms with Crippen molar-refractivity contribution in [1.29, 1.82) is 0 Å². The number of rotatable bonds is 1. The van der Waals surface area contributed by atoms with E-state index in [9.17, 15) is 4.39 Å². The van der Waals surface area contributed by atoms with E-state index in [1.54, 1.807) is 12.1 Å². The molecule has 2 aromatic carbocycles. The van der Waals surface area contributed by atoms with E-state index in [2.05, 4.69) is 0 Å². The fraction of sp³-hybridized carbons (Fsp3) is 0.167. The van der Waals surface area contributed by atoms with Gasteiger partial charge in [-0.1, -0.05) is 24.3 Å². The average molecular weight is 189 g/mol. The van der Waals surface area contributed by atoms with Crippen LogP contribution in [0.4, 0.5) is 10.1 Å². The van der Waals surface area contributed by atoms with Crippen LogP contribution in [0.5, 0.6) is 0 Å². The van der Waals surface area contributed by atoms with Gasteiger partial charge < -0.3 is 4.90 Å². The Morgan fingerprint density at radius 3 is 2.21 bits per heavy atom. The lowest BCUT2D eigenvalue weighted by Gasteiger charge is -2.15. The second-order valence-electron chi connectivity index (χ2n) is 3.51. The highest BCUT2D eigenvalue weighted by atomic mass is 19.1. The number of nitrogens with zero attached hydrogens (tertiary/aromatic N) is 1. The fourth-order valence-electron chi connectivity index (χ4n) is 1.64. The number of anilines is 1. The second kappa shape index (κ2) is 3.29. The zero-order chi connectivity index (χ0) is 10.1. The standard InChI is InChI=1S/C12H12FN/c1-14(2)12-8-7-11(13)9-5-3-4-6-10(9)12/h3-8H,1-2H3. The summed E-state index contributed by atoms with van der Waals surface area (Å²) in [6, 6.07) is 10.8. The summed E-state index contributed by atoms with van der Waals surface area (Å²) < 4.78 is 13.4.